The summed E-state index contributed by atoms with van der Waals surface area (Å²) in [7, 11) is -4.23. The molecule has 0 radical (unpaired) electrons. The molecule has 3 rings (SSSR count). The van der Waals surface area contributed by atoms with E-state index in [0.717, 1.165) is 16.4 Å². The smallest absolute Gasteiger partial charge is 0.327 e. The van der Waals surface area contributed by atoms with Crippen molar-refractivity contribution in [2.75, 3.05) is 10.8 Å². The van der Waals surface area contributed by atoms with Crippen molar-refractivity contribution in [3.8, 4) is 0 Å². The highest BCUT2D eigenvalue weighted by atomic mass is 32.2. The highest BCUT2D eigenvalue weighted by Crippen LogP contribution is 2.26. The zero-order chi connectivity index (χ0) is 20.5. The number of esters is 1. The minimum absolute atomic E-state index is 0.110. The van der Waals surface area contributed by atoms with Crippen molar-refractivity contribution in [2.45, 2.75) is 31.3 Å². The molecule has 0 saturated heterocycles. The van der Waals surface area contributed by atoms with Crippen LogP contribution in [0, 0.1) is 5.82 Å². The van der Waals surface area contributed by atoms with Gasteiger partial charge in [0.15, 0.2) is 5.65 Å². The molecular weight excluding hydrogens is 387 g/mol. The molecule has 0 atom stereocenters. The van der Waals surface area contributed by atoms with Gasteiger partial charge in [0.2, 0.25) is 0 Å². The van der Waals surface area contributed by atoms with Crippen LogP contribution in [0.5, 0.6) is 0 Å². The lowest BCUT2D eigenvalue weighted by Crippen LogP contribution is -2.39. The van der Waals surface area contributed by atoms with Gasteiger partial charge in [-0.1, -0.05) is 0 Å². The number of aromatic nitrogens is 3. The van der Waals surface area contributed by atoms with Crippen LogP contribution < -0.4 is 4.31 Å². The Morgan fingerprint density at radius 3 is 2.54 bits per heavy atom. The molecule has 3 aromatic rings. The molecule has 8 nitrogen and oxygen atoms in total. The van der Waals surface area contributed by atoms with Crippen molar-refractivity contribution in [1.29, 1.82) is 0 Å². The number of anilines is 1. The van der Waals surface area contributed by atoms with Crippen LogP contribution >= 0.6 is 0 Å². The predicted octanol–water partition coefficient (Wildman–Crippen LogP) is 2.41. The molecule has 2 heterocycles. The Kier molecular flexibility index (Phi) is 5.07. The second-order valence-corrected chi connectivity index (χ2v) is 8.84. The van der Waals surface area contributed by atoms with E-state index in [-0.39, 0.29) is 16.2 Å². The van der Waals surface area contributed by atoms with Crippen LogP contribution in [0.25, 0.3) is 5.65 Å². The first kappa shape index (κ1) is 19.7. The predicted molar refractivity (Wildman–Crippen MR) is 99.8 cm³/mol. The molecule has 0 aliphatic rings. The van der Waals surface area contributed by atoms with Crippen molar-refractivity contribution in [3.05, 3.63) is 54.7 Å². The molecule has 0 N–H and O–H groups in total. The fraction of sp³-hybridized carbons (Fsp3) is 0.278. The van der Waals surface area contributed by atoms with E-state index in [2.05, 4.69) is 10.2 Å². The van der Waals surface area contributed by atoms with E-state index >= 15 is 0 Å². The first-order valence-electron chi connectivity index (χ1n) is 8.36. The maximum atomic E-state index is 13.4. The Labute approximate surface area is 161 Å². The first-order valence-corrected chi connectivity index (χ1v) is 9.80. The summed E-state index contributed by atoms with van der Waals surface area (Å²) in [5, 5.41) is 7.56. The van der Waals surface area contributed by atoms with Gasteiger partial charge in [-0.05, 0) is 57.2 Å². The Morgan fingerprint density at radius 2 is 1.89 bits per heavy atom. The van der Waals surface area contributed by atoms with Crippen molar-refractivity contribution in [2.24, 2.45) is 0 Å². The van der Waals surface area contributed by atoms with Gasteiger partial charge in [0.1, 0.15) is 29.2 Å². The summed E-state index contributed by atoms with van der Waals surface area (Å²) in [5.74, 6) is -1.27. The average Bonchev–Trinajstić information content (AvgIpc) is 3.07. The molecule has 0 amide bonds. The molecule has 1 aromatic carbocycles. The monoisotopic (exact) mass is 406 g/mol. The lowest BCUT2D eigenvalue weighted by atomic mass is 10.2. The van der Waals surface area contributed by atoms with Gasteiger partial charge >= 0.3 is 5.97 Å². The van der Waals surface area contributed by atoms with Crippen LogP contribution in [0.3, 0.4) is 0 Å². The molecule has 0 aliphatic carbocycles. The van der Waals surface area contributed by atoms with Crippen LogP contribution in [-0.2, 0) is 19.6 Å². The Balaban J connectivity index is 2.08. The summed E-state index contributed by atoms with van der Waals surface area (Å²) < 4.78 is 47.7. The van der Waals surface area contributed by atoms with Gasteiger partial charge in [0, 0.05) is 6.20 Å². The lowest BCUT2D eigenvalue weighted by Gasteiger charge is -2.26. The molecule has 0 unspecified atom stereocenters. The van der Waals surface area contributed by atoms with Gasteiger partial charge in [-0.15, -0.1) is 10.2 Å². The fourth-order valence-electron chi connectivity index (χ4n) is 2.56. The second kappa shape index (κ2) is 7.19. The number of sulfonamides is 1. The van der Waals surface area contributed by atoms with Crippen molar-refractivity contribution in [3.63, 3.8) is 0 Å². The minimum atomic E-state index is -4.23. The Hall–Kier alpha value is -3.01. The van der Waals surface area contributed by atoms with E-state index in [1.807, 2.05) is 0 Å². The third-order valence-electron chi connectivity index (χ3n) is 3.66. The molecule has 28 heavy (non-hydrogen) atoms. The summed E-state index contributed by atoms with van der Waals surface area (Å²) in [4.78, 5) is 12.2. The van der Waals surface area contributed by atoms with Crippen LogP contribution in [-0.4, -0.2) is 41.1 Å². The third kappa shape index (κ3) is 4.11. The van der Waals surface area contributed by atoms with Gasteiger partial charge in [-0.25, -0.2) is 12.8 Å². The summed E-state index contributed by atoms with van der Waals surface area (Å²) in [6.45, 7) is 4.45. The van der Waals surface area contributed by atoms with Crippen molar-refractivity contribution < 1.29 is 22.3 Å². The summed E-state index contributed by atoms with van der Waals surface area (Å²) in [5.41, 5.74) is -0.560. The molecule has 0 saturated carbocycles. The van der Waals surface area contributed by atoms with Gasteiger partial charge in [0.25, 0.3) is 10.0 Å². The molecular formula is C18H19FN4O4S. The maximum absolute atomic E-state index is 13.4. The van der Waals surface area contributed by atoms with E-state index in [9.17, 15) is 17.6 Å². The van der Waals surface area contributed by atoms with E-state index in [4.69, 9.17) is 4.74 Å². The normalized spacial score (nSPS) is 12.1. The van der Waals surface area contributed by atoms with Gasteiger partial charge in [-0.3, -0.25) is 13.5 Å². The maximum Gasteiger partial charge on any atom is 0.327 e. The number of hydrogen-bond donors (Lipinski definition) is 0. The Bertz CT molecular complexity index is 1100. The van der Waals surface area contributed by atoms with Crippen LogP contribution in [0.1, 0.15) is 20.8 Å². The molecule has 2 aromatic heterocycles. The molecule has 0 fully saturated rings. The fourth-order valence-corrected chi connectivity index (χ4v) is 4.10. The second-order valence-electron chi connectivity index (χ2n) is 7.01. The van der Waals surface area contributed by atoms with Crippen LogP contribution in [0.15, 0.2) is 53.8 Å². The number of ether oxygens (including phenoxy) is 1. The van der Waals surface area contributed by atoms with Gasteiger partial charge in [-0.2, -0.15) is 0 Å². The summed E-state index contributed by atoms with van der Waals surface area (Å²) in [6, 6.07) is 7.68. The van der Waals surface area contributed by atoms with Crippen LogP contribution in [0.2, 0.25) is 0 Å². The van der Waals surface area contributed by atoms with E-state index in [0.29, 0.717) is 0 Å². The number of hydrogen-bond acceptors (Lipinski definition) is 6. The minimum Gasteiger partial charge on any atom is -0.459 e. The van der Waals surface area contributed by atoms with Gasteiger partial charge < -0.3 is 4.74 Å². The third-order valence-corrected chi connectivity index (χ3v) is 5.46. The van der Waals surface area contributed by atoms with E-state index < -0.39 is 34.0 Å². The Morgan fingerprint density at radius 1 is 1.21 bits per heavy atom. The molecule has 0 aliphatic heterocycles. The number of nitrogens with zero attached hydrogens (tertiary/aromatic N) is 4. The molecule has 10 heteroatoms. The van der Waals surface area contributed by atoms with E-state index in [1.165, 1.54) is 35.0 Å². The largest absolute Gasteiger partial charge is 0.459 e. The SMILES string of the molecule is CC(C)(C)OC(=O)CN(c1ccc(F)cc1)S(=O)(=O)c1cccn2cnnc12. The average molecular weight is 406 g/mol. The number of carbonyl (C=O) groups excluding carboxylic acids is 1. The zero-order valence-electron chi connectivity index (χ0n) is 15.5. The first-order chi connectivity index (χ1) is 13.1. The zero-order valence-corrected chi connectivity index (χ0v) is 16.4. The van der Waals surface area contributed by atoms with E-state index in [1.54, 1.807) is 27.0 Å². The number of carbonyl (C=O) groups is 1. The molecule has 0 spiro atoms. The highest BCUT2D eigenvalue weighted by molar-refractivity contribution is 7.93. The number of fused-ring (bicyclic) bond motifs is 1. The highest BCUT2D eigenvalue weighted by Gasteiger charge is 2.31. The molecule has 148 valence electrons. The number of benzene rings is 1. The number of halogens is 1. The van der Waals surface area contributed by atoms with Gasteiger partial charge in [0.05, 0.1) is 5.69 Å². The topological polar surface area (TPSA) is 93.9 Å². The summed E-state index contributed by atoms with van der Waals surface area (Å²) in [6.07, 6.45) is 2.97. The number of pyridine rings is 1. The standard InChI is InChI=1S/C18H19FN4O4S/c1-18(2,3)27-16(24)11-23(14-8-6-13(19)7-9-14)28(25,26)15-5-4-10-22-12-20-21-17(15)22/h4-10,12H,11H2,1-3H3. The lowest BCUT2D eigenvalue weighted by molar-refractivity contribution is -0.152. The quantitative estimate of drug-likeness (QED) is 0.604. The van der Waals surface area contributed by atoms with Crippen molar-refractivity contribution in [1.82, 2.24) is 14.6 Å². The summed E-state index contributed by atoms with van der Waals surface area (Å²) >= 11 is 0. The molecule has 0 bridgehead atoms. The van der Waals surface area contributed by atoms with Crippen LogP contribution in [0.4, 0.5) is 10.1 Å². The number of rotatable bonds is 5. The van der Waals surface area contributed by atoms with Crippen molar-refractivity contribution >= 4 is 27.3 Å².